The first kappa shape index (κ1) is 21.9. The standard InChI is InChI=1S/C22H24N2O7/c1-14-21(31-18-10-5-4-9-17(18)30-14)22(27)29-13-20(26)24(2)12-19(25)23-15-7-6-8-16(11-15)28-3/h4-11,14,21H,12-13H2,1-3H3,(H,23,25). The molecule has 0 aliphatic carbocycles. The van der Waals surface area contributed by atoms with Gasteiger partial charge in [0.25, 0.3) is 5.91 Å². The molecule has 0 bridgehead atoms. The van der Waals surface area contributed by atoms with Crippen LogP contribution in [-0.4, -0.2) is 62.2 Å². The summed E-state index contributed by atoms with van der Waals surface area (Å²) in [5.41, 5.74) is 0.542. The van der Waals surface area contributed by atoms with E-state index in [9.17, 15) is 14.4 Å². The normalized spacial score (nSPS) is 16.7. The largest absolute Gasteiger partial charge is 0.497 e. The van der Waals surface area contributed by atoms with Crippen LogP contribution in [0, 0.1) is 0 Å². The molecule has 2 aromatic carbocycles. The average molecular weight is 428 g/mol. The van der Waals surface area contributed by atoms with Gasteiger partial charge in [-0.3, -0.25) is 9.59 Å². The summed E-state index contributed by atoms with van der Waals surface area (Å²) in [6.45, 7) is 0.954. The van der Waals surface area contributed by atoms with Gasteiger partial charge in [0.1, 0.15) is 11.9 Å². The molecule has 2 unspecified atom stereocenters. The zero-order valence-corrected chi connectivity index (χ0v) is 17.5. The van der Waals surface area contributed by atoms with E-state index < -0.39 is 36.6 Å². The van der Waals surface area contributed by atoms with Crippen LogP contribution in [0.5, 0.6) is 17.2 Å². The smallest absolute Gasteiger partial charge is 0.351 e. The molecule has 2 aromatic rings. The Hall–Kier alpha value is -3.75. The maximum absolute atomic E-state index is 12.4. The van der Waals surface area contributed by atoms with Crippen LogP contribution < -0.4 is 19.5 Å². The van der Waals surface area contributed by atoms with Crippen LogP contribution in [0.2, 0.25) is 0 Å². The van der Waals surface area contributed by atoms with Crippen molar-refractivity contribution in [2.24, 2.45) is 0 Å². The number of nitrogens with one attached hydrogen (secondary N) is 1. The predicted octanol–water partition coefficient (Wildman–Crippen LogP) is 1.86. The van der Waals surface area contributed by atoms with Crippen molar-refractivity contribution < 1.29 is 33.3 Å². The Kier molecular flexibility index (Phi) is 6.96. The van der Waals surface area contributed by atoms with Gasteiger partial charge < -0.3 is 29.2 Å². The van der Waals surface area contributed by atoms with Crippen molar-refractivity contribution in [1.82, 2.24) is 4.90 Å². The summed E-state index contributed by atoms with van der Waals surface area (Å²) < 4.78 is 21.5. The second kappa shape index (κ2) is 9.84. The van der Waals surface area contributed by atoms with Crippen molar-refractivity contribution in [3.8, 4) is 17.2 Å². The molecule has 1 heterocycles. The van der Waals surface area contributed by atoms with Crippen LogP contribution in [-0.2, 0) is 19.1 Å². The van der Waals surface area contributed by atoms with Gasteiger partial charge in [0.2, 0.25) is 12.0 Å². The Morgan fingerprint density at radius 3 is 2.48 bits per heavy atom. The lowest BCUT2D eigenvalue weighted by Gasteiger charge is -2.30. The van der Waals surface area contributed by atoms with Crippen LogP contribution in [0.15, 0.2) is 48.5 Å². The molecule has 3 rings (SSSR count). The molecule has 0 saturated heterocycles. The van der Waals surface area contributed by atoms with Crippen molar-refractivity contribution in [2.75, 3.05) is 32.6 Å². The molecular weight excluding hydrogens is 404 g/mol. The number of nitrogens with zero attached hydrogens (tertiary/aromatic N) is 1. The third-order valence-corrected chi connectivity index (χ3v) is 4.57. The minimum Gasteiger partial charge on any atom is -0.497 e. The predicted molar refractivity (Wildman–Crippen MR) is 111 cm³/mol. The molecule has 0 aromatic heterocycles. The number of hydrogen-bond donors (Lipinski definition) is 1. The molecule has 0 radical (unpaired) electrons. The fraction of sp³-hybridized carbons (Fsp3) is 0.318. The summed E-state index contributed by atoms with van der Waals surface area (Å²) in [6, 6.07) is 13.8. The molecule has 0 saturated carbocycles. The van der Waals surface area contributed by atoms with Gasteiger partial charge in [-0.25, -0.2) is 4.79 Å². The average Bonchev–Trinajstić information content (AvgIpc) is 2.76. The first-order valence-electron chi connectivity index (χ1n) is 9.64. The molecule has 2 atom stereocenters. The lowest BCUT2D eigenvalue weighted by atomic mass is 10.2. The van der Waals surface area contributed by atoms with E-state index in [0.29, 0.717) is 22.9 Å². The first-order chi connectivity index (χ1) is 14.9. The number of benzene rings is 2. The molecule has 2 amide bonds. The summed E-state index contributed by atoms with van der Waals surface area (Å²) in [6.07, 6.45) is -1.58. The Morgan fingerprint density at radius 2 is 1.77 bits per heavy atom. The van der Waals surface area contributed by atoms with E-state index in [0.717, 1.165) is 0 Å². The summed E-state index contributed by atoms with van der Waals surface area (Å²) >= 11 is 0. The molecular formula is C22H24N2O7. The minimum absolute atomic E-state index is 0.208. The summed E-state index contributed by atoms with van der Waals surface area (Å²) in [5.74, 6) is -0.0785. The van der Waals surface area contributed by atoms with Crippen molar-refractivity contribution in [1.29, 1.82) is 0 Å². The number of carbonyl (C=O) groups excluding carboxylic acids is 3. The number of carbonyl (C=O) groups is 3. The van der Waals surface area contributed by atoms with E-state index in [1.807, 2.05) is 0 Å². The highest BCUT2D eigenvalue weighted by atomic mass is 16.6. The second-order valence-corrected chi connectivity index (χ2v) is 6.95. The Balaban J connectivity index is 1.47. The maximum atomic E-state index is 12.4. The number of amides is 2. The maximum Gasteiger partial charge on any atom is 0.351 e. The zero-order chi connectivity index (χ0) is 22.4. The van der Waals surface area contributed by atoms with Gasteiger partial charge in [0.15, 0.2) is 18.1 Å². The summed E-state index contributed by atoms with van der Waals surface area (Å²) in [5, 5.41) is 2.68. The topological polar surface area (TPSA) is 103 Å². The number of esters is 1. The number of ether oxygens (including phenoxy) is 4. The van der Waals surface area contributed by atoms with Crippen molar-refractivity contribution in [2.45, 2.75) is 19.1 Å². The number of methoxy groups -OCH3 is 1. The van der Waals surface area contributed by atoms with E-state index in [4.69, 9.17) is 18.9 Å². The summed E-state index contributed by atoms with van der Waals surface area (Å²) in [4.78, 5) is 38.0. The van der Waals surface area contributed by atoms with Gasteiger partial charge in [0, 0.05) is 18.8 Å². The van der Waals surface area contributed by atoms with E-state index in [1.54, 1.807) is 55.5 Å². The SMILES string of the molecule is COc1cccc(NC(=O)CN(C)C(=O)COC(=O)C2Oc3ccccc3OC2C)c1. The highest BCUT2D eigenvalue weighted by Crippen LogP contribution is 2.33. The Bertz CT molecular complexity index is 962. The van der Waals surface area contributed by atoms with Crippen LogP contribution in [0.1, 0.15) is 6.92 Å². The molecule has 9 heteroatoms. The lowest BCUT2D eigenvalue weighted by Crippen LogP contribution is -2.45. The van der Waals surface area contributed by atoms with Crippen LogP contribution >= 0.6 is 0 Å². The number of hydrogen-bond acceptors (Lipinski definition) is 7. The minimum atomic E-state index is -0.996. The van der Waals surface area contributed by atoms with Gasteiger partial charge in [-0.15, -0.1) is 0 Å². The van der Waals surface area contributed by atoms with E-state index >= 15 is 0 Å². The van der Waals surface area contributed by atoms with Gasteiger partial charge in [-0.1, -0.05) is 18.2 Å². The number of para-hydroxylation sites is 2. The molecule has 0 spiro atoms. The Morgan fingerprint density at radius 1 is 1.06 bits per heavy atom. The molecule has 1 aliphatic heterocycles. The quantitative estimate of drug-likeness (QED) is 0.672. The fourth-order valence-electron chi connectivity index (χ4n) is 2.91. The monoisotopic (exact) mass is 428 g/mol. The Labute approximate surface area is 179 Å². The highest BCUT2D eigenvalue weighted by Gasteiger charge is 2.35. The molecule has 1 N–H and O–H groups in total. The lowest BCUT2D eigenvalue weighted by molar-refractivity contribution is -0.162. The van der Waals surface area contributed by atoms with Crippen LogP contribution in [0.4, 0.5) is 5.69 Å². The van der Waals surface area contributed by atoms with Crippen molar-refractivity contribution >= 4 is 23.5 Å². The zero-order valence-electron chi connectivity index (χ0n) is 17.5. The molecule has 9 nitrogen and oxygen atoms in total. The third kappa shape index (κ3) is 5.65. The molecule has 0 fully saturated rings. The van der Waals surface area contributed by atoms with Crippen molar-refractivity contribution in [3.05, 3.63) is 48.5 Å². The second-order valence-electron chi connectivity index (χ2n) is 6.95. The first-order valence-corrected chi connectivity index (χ1v) is 9.64. The van der Waals surface area contributed by atoms with E-state index in [-0.39, 0.29) is 6.54 Å². The van der Waals surface area contributed by atoms with Gasteiger partial charge in [-0.2, -0.15) is 0 Å². The van der Waals surface area contributed by atoms with E-state index in [2.05, 4.69) is 5.32 Å². The third-order valence-electron chi connectivity index (χ3n) is 4.57. The highest BCUT2D eigenvalue weighted by molar-refractivity contribution is 5.95. The number of fused-ring (bicyclic) bond motifs is 1. The number of anilines is 1. The van der Waals surface area contributed by atoms with Gasteiger partial charge in [0.05, 0.1) is 13.7 Å². The van der Waals surface area contributed by atoms with Gasteiger partial charge >= 0.3 is 5.97 Å². The van der Waals surface area contributed by atoms with Crippen LogP contribution in [0.3, 0.4) is 0 Å². The molecule has 31 heavy (non-hydrogen) atoms. The fourth-order valence-corrected chi connectivity index (χ4v) is 2.91. The van der Waals surface area contributed by atoms with Crippen molar-refractivity contribution in [3.63, 3.8) is 0 Å². The van der Waals surface area contributed by atoms with Gasteiger partial charge in [-0.05, 0) is 31.2 Å². The van der Waals surface area contributed by atoms with E-state index in [1.165, 1.54) is 19.1 Å². The molecule has 164 valence electrons. The summed E-state index contributed by atoms with van der Waals surface area (Å²) in [7, 11) is 2.97. The molecule has 1 aliphatic rings. The number of likely N-dealkylation sites (N-methyl/N-ethyl adjacent to an activating group) is 1. The van der Waals surface area contributed by atoms with Crippen LogP contribution in [0.25, 0.3) is 0 Å². The number of rotatable bonds is 7.